The predicted molar refractivity (Wildman–Crippen MR) is 63.2 cm³/mol. The molecular formula is C13H21NO3. The number of aliphatic hydroxyl groups is 1. The number of imide groups is 1. The Morgan fingerprint density at radius 3 is 2.47 bits per heavy atom. The van der Waals surface area contributed by atoms with Crippen molar-refractivity contribution in [3.8, 4) is 0 Å². The van der Waals surface area contributed by atoms with E-state index in [1.54, 1.807) is 0 Å². The zero-order valence-corrected chi connectivity index (χ0v) is 10.4. The summed E-state index contributed by atoms with van der Waals surface area (Å²) in [7, 11) is 0. The molecule has 4 nitrogen and oxygen atoms in total. The Labute approximate surface area is 102 Å². The van der Waals surface area contributed by atoms with Gasteiger partial charge in [0, 0.05) is 12.8 Å². The van der Waals surface area contributed by atoms with Gasteiger partial charge in [-0.1, -0.05) is 19.8 Å². The molecule has 2 amide bonds. The number of piperidine rings is 1. The molecule has 4 heteroatoms. The third-order valence-corrected chi connectivity index (χ3v) is 4.12. The number of likely N-dealkylation sites (tertiary alicyclic amines) is 1. The lowest BCUT2D eigenvalue weighted by Crippen LogP contribution is -2.60. The SMILES string of the molecule is CC1CCCC(CO)(N2C(=O)CCCC2=O)C1. The molecule has 1 N–H and O–H groups in total. The normalized spacial score (nSPS) is 35.2. The second kappa shape index (κ2) is 4.77. The number of rotatable bonds is 2. The fourth-order valence-electron chi connectivity index (χ4n) is 3.33. The number of hydrogen-bond donors (Lipinski definition) is 1. The zero-order valence-electron chi connectivity index (χ0n) is 10.4. The van der Waals surface area contributed by atoms with Gasteiger partial charge in [-0.15, -0.1) is 0 Å². The number of carbonyl (C=O) groups is 2. The summed E-state index contributed by atoms with van der Waals surface area (Å²) in [6.45, 7) is 2.04. The summed E-state index contributed by atoms with van der Waals surface area (Å²) in [5, 5.41) is 9.70. The van der Waals surface area contributed by atoms with Crippen LogP contribution in [0.3, 0.4) is 0 Å². The molecule has 1 aliphatic heterocycles. The van der Waals surface area contributed by atoms with E-state index in [4.69, 9.17) is 0 Å². The van der Waals surface area contributed by atoms with Crippen LogP contribution in [0.4, 0.5) is 0 Å². The molecule has 0 spiro atoms. The molecule has 96 valence electrons. The molecule has 2 fully saturated rings. The van der Waals surface area contributed by atoms with Gasteiger partial charge in [0.15, 0.2) is 0 Å². The van der Waals surface area contributed by atoms with Crippen molar-refractivity contribution in [2.75, 3.05) is 6.61 Å². The molecule has 2 unspecified atom stereocenters. The summed E-state index contributed by atoms with van der Waals surface area (Å²) < 4.78 is 0. The van der Waals surface area contributed by atoms with E-state index in [1.807, 2.05) is 0 Å². The molecular weight excluding hydrogens is 218 g/mol. The highest BCUT2D eigenvalue weighted by molar-refractivity contribution is 5.98. The van der Waals surface area contributed by atoms with E-state index in [0.29, 0.717) is 25.2 Å². The molecule has 1 saturated heterocycles. The van der Waals surface area contributed by atoms with Gasteiger partial charge in [0.25, 0.3) is 0 Å². The minimum Gasteiger partial charge on any atom is -0.394 e. The van der Waals surface area contributed by atoms with Crippen molar-refractivity contribution in [3.63, 3.8) is 0 Å². The topological polar surface area (TPSA) is 57.6 Å². The van der Waals surface area contributed by atoms with E-state index in [0.717, 1.165) is 25.7 Å². The van der Waals surface area contributed by atoms with Gasteiger partial charge in [-0.3, -0.25) is 14.5 Å². The maximum absolute atomic E-state index is 12.0. The van der Waals surface area contributed by atoms with Gasteiger partial charge in [0.2, 0.25) is 11.8 Å². The summed E-state index contributed by atoms with van der Waals surface area (Å²) >= 11 is 0. The van der Waals surface area contributed by atoms with E-state index < -0.39 is 5.54 Å². The van der Waals surface area contributed by atoms with E-state index in [9.17, 15) is 14.7 Å². The van der Waals surface area contributed by atoms with Crippen LogP contribution in [0.5, 0.6) is 0 Å². The Hall–Kier alpha value is -0.900. The van der Waals surface area contributed by atoms with Crippen molar-refractivity contribution >= 4 is 11.8 Å². The fraction of sp³-hybridized carbons (Fsp3) is 0.846. The first-order valence-corrected chi connectivity index (χ1v) is 6.56. The molecule has 1 saturated carbocycles. The molecule has 0 radical (unpaired) electrons. The molecule has 17 heavy (non-hydrogen) atoms. The molecule has 2 aliphatic rings. The first kappa shape index (κ1) is 12.6. The largest absolute Gasteiger partial charge is 0.394 e. The van der Waals surface area contributed by atoms with Gasteiger partial charge in [0.05, 0.1) is 12.1 Å². The third kappa shape index (κ3) is 2.23. The van der Waals surface area contributed by atoms with Crippen molar-refractivity contribution in [1.82, 2.24) is 4.90 Å². The zero-order chi connectivity index (χ0) is 12.5. The van der Waals surface area contributed by atoms with Crippen molar-refractivity contribution < 1.29 is 14.7 Å². The summed E-state index contributed by atoms with van der Waals surface area (Å²) in [6, 6.07) is 0. The van der Waals surface area contributed by atoms with Gasteiger partial charge in [0.1, 0.15) is 0 Å². The van der Waals surface area contributed by atoms with Gasteiger partial charge < -0.3 is 5.11 Å². The second-order valence-electron chi connectivity index (χ2n) is 5.56. The monoisotopic (exact) mass is 239 g/mol. The highest BCUT2D eigenvalue weighted by Crippen LogP contribution is 2.38. The first-order chi connectivity index (χ1) is 8.09. The van der Waals surface area contributed by atoms with E-state index in [1.165, 1.54) is 4.90 Å². The average Bonchev–Trinajstić information content (AvgIpc) is 2.28. The Kier molecular flexibility index (Phi) is 3.52. The minimum absolute atomic E-state index is 0.0885. The van der Waals surface area contributed by atoms with Gasteiger partial charge >= 0.3 is 0 Å². The number of hydrogen-bond acceptors (Lipinski definition) is 3. The van der Waals surface area contributed by atoms with Crippen LogP contribution >= 0.6 is 0 Å². The van der Waals surface area contributed by atoms with E-state index in [2.05, 4.69) is 6.92 Å². The standard InChI is InChI=1S/C13H21NO3/c1-10-4-3-7-13(8-10,9-15)14-11(16)5-2-6-12(14)17/h10,15H,2-9H2,1H3. The molecule has 2 atom stereocenters. The Balaban J connectivity index is 2.26. The Morgan fingerprint density at radius 2 is 1.94 bits per heavy atom. The summed E-state index contributed by atoms with van der Waals surface area (Å²) in [4.78, 5) is 25.3. The lowest BCUT2D eigenvalue weighted by molar-refractivity contribution is -0.160. The van der Waals surface area contributed by atoms with Crippen LogP contribution < -0.4 is 0 Å². The molecule has 1 heterocycles. The quantitative estimate of drug-likeness (QED) is 0.742. The van der Waals surface area contributed by atoms with Crippen molar-refractivity contribution in [2.24, 2.45) is 5.92 Å². The Morgan fingerprint density at radius 1 is 1.29 bits per heavy atom. The van der Waals surface area contributed by atoms with Crippen LogP contribution in [0.15, 0.2) is 0 Å². The molecule has 2 rings (SSSR count). The molecule has 0 bridgehead atoms. The van der Waals surface area contributed by atoms with Crippen molar-refractivity contribution in [2.45, 2.75) is 57.4 Å². The number of amides is 2. The number of nitrogens with zero attached hydrogens (tertiary/aromatic N) is 1. The lowest BCUT2D eigenvalue weighted by Gasteiger charge is -2.47. The maximum Gasteiger partial charge on any atom is 0.229 e. The van der Waals surface area contributed by atoms with E-state index in [-0.39, 0.29) is 18.4 Å². The smallest absolute Gasteiger partial charge is 0.229 e. The summed E-state index contributed by atoms with van der Waals surface area (Å²) in [5.74, 6) is 0.284. The Bertz CT molecular complexity index is 313. The van der Waals surface area contributed by atoms with Gasteiger partial charge in [-0.05, 0) is 25.2 Å². The predicted octanol–water partition coefficient (Wildman–Crippen LogP) is 1.47. The van der Waals surface area contributed by atoms with Crippen molar-refractivity contribution in [1.29, 1.82) is 0 Å². The minimum atomic E-state index is -0.605. The first-order valence-electron chi connectivity index (χ1n) is 6.56. The second-order valence-corrected chi connectivity index (χ2v) is 5.56. The molecule has 0 aromatic carbocycles. The highest BCUT2D eigenvalue weighted by atomic mass is 16.3. The number of carbonyl (C=O) groups excluding carboxylic acids is 2. The van der Waals surface area contributed by atoms with Crippen LogP contribution in [0.2, 0.25) is 0 Å². The van der Waals surface area contributed by atoms with Crippen LogP contribution in [-0.4, -0.2) is 34.0 Å². The van der Waals surface area contributed by atoms with Crippen LogP contribution in [-0.2, 0) is 9.59 Å². The number of aliphatic hydroxyl groups excluding tert-OH is 1. The third-order valence-electron chi connectivity index (χ3n) is 4.12. The van der Waals surface area contributed by atoms with Crippen LogP contribution in [0, 0.1) is 5.92 Å². The van der Waals surface area contributed by atoms with Crippen LogP contribution in [0.1, 0.15) is 51.9 Å². The average molecular weight is 239 g/mol. The molecule has 1 aliphatic carbocycles. The fourth-order valence-corrected chi connectivity index (χ4v) is 3.33. The maximum atomic E-state index is 12.0. The van der Waals surface area contributed by atoms with Gasteiger partial charge in [-0.2, -0.15) is 0 Å². The van der Waals surface area contributed by atoms with Crippen molar-refractivity contribution in [3.05, 3.63) is 0 Å². The molecule has 0 aromatic heterocycles. The molecule has 0 aromatic rings. The van der Waals surface area contributed by atoms with Crippen LogP contribution in [0.25, 0.3) is 0 Å². The lowest BCUT2D eigenvalue weighted by atomic mass is 9.75. The van der Waals surface area contributed by atoms with E-state index >= 15 is 0 Å². The summed E-state index contributed by atoms with van der Waals surface area (Å²) in [6.07, 6.45) is 5.16. The highest BCUT2D eigenvalue weighted by Gasteiger charge is 2.46. The van der Waals surface area contributed by atoms with Gasteiger partial charge in [-0.25, -0.2) is 0 Å². The summed E-state index contributed by atoms with van der Waals surface area (Å²) in [5.41, 5.74) is -0.605.